The van der Waals surface area contributed by atoms with E-state index < -0.39 is 0 Å². The highest BCUT2D eigenvalue weighted by molar-refractivity contribution is 5.56. The van der Waals surface area contributed by atoms with E-state index in [1.807, 2.05) is 6.07 Å². The van der Waals surface area contributed by atoms with Crippen LogP contribution in [0.5, 0.6) is 11.5 Å². The first-order valence-corrected chi connectivity index (χ1v) is 6.77. The van der Waals surface area contributed by atoms with Crippen LogP contribution in [0.2, 0.25) is 0 Å². The molecule has 4 nitrogen and oxygen atoms in total. The molecule has 0 radical (unpaired) electrons. The van der Waals surface area contributed by atoms with E-state index in [-0.39, 0.29) is 0 Å². The molecule has 3 aliphatic heterocycles. The van der Waals surface area contributed by atoms with Gasteiger partial charge in [0.25, 0.3) is 0 Å². The Hall–Kier alpha value is -1.42. The highest BCUT2D eigenvalue weighted by Gasteiger charge is 2.34. The number of ether oxygens (including phenoxy) is 2. The quantitative estimate of drug-likeness (QED) is 0.864. The van der Waals surface area contributed by atoms with Gasteiger partial charge in [0.1, 0.15) is 0 Å². The summed E-state index contributed by atoms with van der Waals surface area (Å²) >= 11 is 0. The third-order valence-corrected chi connectivity index (χ3v) is 4.36. The molecule has 0 saturated carbocycles. The van der Waals surface area contributed by atoms with Gasteiger partial charge in [-0.1, -0.05) is 0 Å². The van der Waals surface area contributed by atoms with Gasteiger partial charge in [0.05, 0.1) is 0 Å². The van der Waals surface area contributed by atoms with E-state index in [0.29, 0.717) is 12.8 Å². The van der Waals surface area contributed by atoms with Crippen molar-refractivity contribution in [3.63, 3.8) is 0 Å². The Morgan fingerprint density at radius 1 is 1.11 bits per heavy atom. The normalized spacial score (nSPS) is 32.6. The summed E-state index contributed by atoms with van der Waals surface area (Å²) in [6.07, 6.45) is 2.58. The molecule has 0 aromatic heterocycles. The van der Waals surface area contributed by atoms with Crippen molar-refractivity contribution in [1.29, 1.82) is 0 Å². The second-order valence-electron chi connectivity index (χ2n) is 5.46. The van der Waals surface area contributed by atoms with Crippen molar-refractivity contribution in [2.24, 2.45) is 5.92 Å². The summed E-state index contributed by atoms with van der Waals surface area (Å²) in [6.45, 7) is 4.13. The maximum absolute atomic E-state index is 5.42. The fraction of sp³-hybridized carbons (Fsp3) is 0.571. The van der Waals surface area contributed by atoms with Crippen molar-refractivity contribution in [2.45, 2.75) is 18.9 Å². The Morgan fingerprint density at radius 3 is 3.00 bits per heavy atom. The van der Waals surface area contributed by atoms with Crippen molar-refractivity contribution in [2.75, 3.05) is 31.7 Å². The van der Waals surface area contributed by atoms with Crippen LogP contribution in [-0.4, -0.2) is 37.4 Å². The monoisotopic (exact) mass is 246 g/mol. The molecular formula is C14H18N2O2. The van der Waals surface area contributed by atoms with Crippen molar-refractivity contribution in [1.82, 2.24) is 4.90 Å². The minimum Gasteiger partial charge on any atom is -0.454 e. The van der Waals surface area contributed by atoms with Crippen LogP contribution in [-0.2, 0) is 0 Å². The third-order valence-electron chi connectivity index (χ3n) is 4.36. The maximum Gasteiger partial charge on any atom is 0.231 e. The molecule has 3 atom stereocenters. The smallest absolute Gasteiger partial charge is 0.231 e. The molecule has 1 aromatic rings. The summed E-state index contributed by atoms with van der Waals surface area (Å²) in [6, 6.07) is 6.76. The molecule has 96 valence electrons. The average molecular weight is 246 g/mol. The molecule has 1 aromatic carbocycles. The van der Waals surface area contributed by atoms with E-state index in [9.17, 15) is 0 Å². The Balaban J connectivity index is 1.51. The molecule has 2 fully saturated rings. The molecule has 3 heterocycles. The summed E-state index contributed by atoms with van der Waals surface area (Å²) in [7, 11) is 0. The highest BCUT2D eigenvalue weighted by Crippen LogP contribution is 2.36. The van der Waals surface area contributed by atoms with Crippen molar-refractivity contribution in [3.8, 4) is 11.5 Å². The maximum atomic E-state index is 5.42. The molecule has 0 aliphatic carbocycles. The standard InChI is InChI=1S/C14H18N2O2/c1-2-13-14(18-9-17-13)7-11(1)15-12-4-6-16-5-3-10(12)8-16/h1-2,7,10,12,15H,3-6,8-9H2. The molecule has 4 rings (SSSR count). The lowest BCUT2D eigenvalue weighted by molar-refractivity contribution is 0.174. The summed E-state index contributed by atoms with van der Waals surface area (Å²) in [5, 5.41) is 3.68. The Bertz CT molecular complexity index is 463. The lowest BCUT2D eigenvalue weighted by atomic mass is 9.94. The van der Waals surface area contributed by atoms with Gasteiger partial charge in [0.15, 0.2) is 11.5 Å². The van der Waals surface area contributed by atoms with Gasteiger partial charge in [-0.15, -0.1) is 0 Å². The number of anilines is 1. The number of piperidine rings is 1. The van der Waals surface area contributed by atoms with Crippen LogP contribution in [0.4, 0.5) is 5.69 Å². The van der Waals surface area contributed by atoms with Crippen LogP contribution in [0.1, 0.15) is 12.8 Å². The second kappa shape index (κ2) is 4.05. The van der Waals surface area contributed by atoms with E-state index in [1.54, 1.807) is 0 Å². The van der Waals surface area contributed by atoms with Gasteiger partial charge in [-0.25, -0.2) is 0 Å². The minimum atomic E-state index is 0.347. The number of hydrogen-bond acceptors (Lipinski definition) is 4. The first-order chi connectivity index (χ1) is 8.88. The molecule has 18 heavy (non-hydrogen) atoms. The zero-order valence-corrected chi connectivity index (χ0v) is 10.4. The Kier molecular flexibility index (Phi) is 2.36. The number of fused-ring (bicyclic) bond motifs is 3. The number of benzene rings is 1. The predicted octanol–water partition coefficient (Wildman–Crippen LogP) is 1.92. The largest absolute Gasteiger partial charge is 0.454 e. The van der Waals surface area contributed by atoms with Crippen molar-refractivity contribution in [3.05, 3.63) is 18.2 Å². The predicted molar refractivity (Wildman–Crippen MR) is 69.1 cm³/mol. The highest BCUT2D eigenvalue weighted by atomic mass is 16.7. The van der Waals surface area contributed by atoms with Gasteiger partial charge in [-0.05, 0) is 37.4 Å². The zero-order chi connectivity index (χ0) is 11.9. The van der Waals surface area contributed by atoms with E-state index in [2.05, 4.69) is 22.3 Å². The number of nitrogens with zero attached hydrogens (tertiary/aromatic N) is 1. The topological polar surface area (TPSA) is 33.7 Å². The van der Waals surface area contributed by atoms with Gasteiger partial charge in [0, 0.05) is 30.9 Å². The lowest BCUT2D eigenvalue weighted by Crippen LogP contribution is -2.39. The summed E-state index contributed by atoms with van der Waals surface area (Å²) in [5.74, 6) is 2.53. The minimum absolute atomic E-state index is 0.347. The molecule has 2 saturated heterocycles. The molecule has 4 heteroatoms. The van der Waals surface area contributed by atoms with Crippen LogP contribution in [0.15, 0.2) is 18.2 Å². The summed E-state index contributed by atoms with van der Waals surface area (Å²) < 4.78 is 10.8. The van der Waals surface area contributed by atoms with E-state index in [0.717, 1.165) is 23.1 Å². The fourth-order valence-electron chi connectivity index (χ4n) is 3.34. The molecule has 1 N–H and O–H groups in total. The third kappa shape index (κ3) is 1.72. The number of nitrogens with one attached hydrogen (secondary N) is 1. The van der Waals surface area contributed by atoms with Crippen LogP contribution < -0.4 is 14.8 Å². The lowest BCUT2D eigenvalue weighted by Gasteiger charge is -2.31. The molecule has 3 unspecified atom stereocenters. The first kappa shape index (κ1) is 10.5. The molecule has 2 bridgehead atoms. The van der Waals surface area contributed by atoms with E-state index >= 15 is 0 Å². The van der Waals surface area contributed by atoms with Crippen LogP contribution in [0, 0.1) is 5.92 Å². The average Bonchev–Trinajstić information content (AvgIpc) is 3.00. The summed E-state index contributed by atoms with van der Waals surface area (Å²) in [4.78, 5) is 2.57. The van der Waals surface area contributed by atoms with Crippen molar-refractivity contribution < 1.29 is 9.47 Å². The first-order valence-electron chi connectivity index (χ1n) is 6.77. The SMILES string of the molecule is c1cc2c(cc1NC1CCN3CCC1C3)OCO2. The van der Waals surface area contributed by atoms with Crippen LogP contribution in [0.25, 0.3) is 0 Å². The summed E-state index contributed by atoms with van der Waals surface area (Å²) in [5.41, 5.74) is 1.16. The van der Waals surface area contributed by atoms with Crippen LogP contribution in [0.3, 0.4) is 0 Å². The fourth-order valence-corrected chi connectivity index (χ4v) is 3.34. The number of hydrogen-bond donors (Lipinski definition) is 1. The molecule has 3 aliphatic rings. The van der Waals surface area contributed by atoms with Gasteiger partial charge in [0.2, 0.25) is 6.79 Å². The Labute approximate surface area is 107 Å². The second-order valence-corrected chi connectivity index (χ2v) is 5.46. The molecular weight excluding hydrogens is 228 g/mol. The van der Waals surface area contributed by atoms with Gasteiger partial charge in [-0.3, -0.25) is 0 Å². The van der Waals surface area contributed by atoms with E-state index in [4.69, 9.17) is 9.47 Å². The van der Waals surface area contributed by atoms with Gasteiger partial charge >= 0.3 is 0 Å². The molecule has 0 spiro atoms. The zero-order valence-electron chi connectivity index (χ0n) is 10.4. The van der Waals surface area contributed by atoms with Gasteiger partial charge in [-0.2, -0.15) is 0 Å². The van der Waals surface area contributed by atoms with E-state index in [1.165, 1.54) is 32.5 Å². The van der Waals surface area contributed by atoms with Gasteiger partial charge < -0.3 is 19.7 Å². The number of rotatable bonds is 2. The van der Waals surface area contributed by atoms with Crippen molar-refractivity contribution >= 4 is 5.69 Å². The molecule has 0 amide bonds. The van der Waals surface area contributed by atoms with Crippen LogP contribution >= 0.6 is 0 Å². The Morgan fingerprint density at radius 2 is 2.00 bits per heavy atom.